The Morgan fingerprint density at radius 2 is 1.90 bits per heavy atom. The van der Waals surface area contributed by atoms with E-state index < -0.39 is 30.0 Å². The Morgan fingerprint density at radius 3 is 2.35 bits per heavy atom. The zero-order chi connectivity index (χ0) is 14.9. The highest BCUT2D eigenvalue weighted by molar-refractivity contribution is 6.34. The van der Waals surface area contributed by atoms with Crippen LogP contribution in [0.2, 0.25) is 10.0 Å². The number of halogens is 3. The first-order chi connectivity index (χ1) is 9.36. The maximum atomic E-state index is 12.9. The third-order valence-corrected chi connectivity index (χ3v) is 3.47. The lowest BCUT2D eigenvalue weighted by atomic mass is 10.0. The molecule has 0 aliphatic heterocycles. The normalized spacial score (nSPS) is 22.1. The van der Waals surface area contributed by atoms with E-state index in [-0.39, 0.29) is 12.8 Å². The van der Waals surface area contributed by atoms with Gasteiger partial charge in [-0.15, -0.1) is 0 Å². The maximum Gasteiger partial charge on any atom is 0.305 e. The van der Waals surface area contributed by atoms with Gasteiger partial charge in [-0.1, -0.05) is 23.2 Å². The van der Waals surface area contributed by atoms with Gasteiger partial charge in [0, 0.05) is 10.0 Å². The van der Waals surface area contributed by atoms with Gasteiger partial charge in [0.15, 0.2) is 0 Å². The summed E-state index contributed by atoms with van der Waals surface area (Å²) in [4.78, 5) is 22.6. The number of carboxylic acid groups (broad SMARTS) is 1. The minimum absolute atomic E-state index is 0.182. The SMILES string of the molecule is O=C(O)CC(NC(=O)[C@@H]1C[C@H]1F)c1cc(Cl)cc(Cl)c1. The molecular weight excluding hydrogens is 308 g/mol. The van der Waals surface area contributed by atoms with Crippen LogP contribution in [0, 0.1) is 5.92 Å². The van der Waals surface area contributed by atoms with Crippen LogP contribution in [0.15, 0.2) is 18.2 Å². The maximum absolute atomic E-state index is 12.9. The van der Waals surface area contributed by atoms with E-state index in [1.54, 1.807) is 0 Å². The number of nitrogens with one attached hydrogen (secondary N) is 1. The zero-order valence-electron chi connectivity index (χ0n) is 10.3. The average molecular weight is 320 g/mol. The van der Waals surface area contributed by atoms with E-state index in [2.05, 4.69) is 5.32 Å². The molecule has 2 N–H and O–H groups in total. The van der Waals surface area contributed by atoms with Crippen LogP contribution in [0.1, 0.15) is 24.4 Å². The number of hydrogen-bond donors (Lipinski definition) is 2. The van der Waals surface area contributed by atoms with Crippen LogP contribution in [0.25, 0.3) is 0 Å². The molecule has 1 unspecified atom stereocenters. The lowest BCUT2D eigenvalue weighted by Crippen LogP contribution is -2.31. The summed E-state index contributed by atoms with van der Waals surface area (Å²) in [6.45, 7) is 0. The number of carbonyl (C=O) groups excluding carboxylic acids is 1. The number of benzene rings is 1. The van der Waals surface area contributed by atoms with Crippen molar-refractivity contribution in [3.8, 4) is 0 Å². The molecule has 3 atom stereocenters. The van der Waals surface area contributed by atoms with Gasteiger partial charge in [0.25, 0.3) is 0 Å². The molecule has 1 aliphatic carbocycles. The topological polar surface area (TPSA) is 66.4 Å². The van der Waals surface area contributed by atoms with E-state index >= 15 is 0 Å². The number of rotatable bonds is 5. The van der Waals surface area contributed by atoms with Crippen molar-refractivity contribution in [3.63, 3.8) is 0 Å². The van der Waals surface area contributed by atoms with Crippen molar-refractivity contribution < 1.29 is 19.1 Å². The first-order valence-corrected chi connectivity index (χ1v) is 6.74. The van der Waals surface area contributed by atoms with Crippen LogP contribution in [0.5, 0.6) is 0 Å². The van der Waals surface area contributed by atoms with Crippen molar-refractivity contribution in [3.05, 3.63) is 33.8 Å². The van der Waals surface area contributed by atoms with Gasteiger partial charge >= 0.3 is 5.97 Å². The zero-order valence-corrected chi connectivity index (χ0v) is 11.8. The van der Waals surface area contributed by atoms with E-state index in [1.165, 1.54) is 18.2 Å². The predicted molar refractivity (Wildman–Crippen MR) is 72.6 cm³/mol. The fraction of sp³-hybridized carbons (Fsp3) is 0.385. The van der Waals surface area contributed by atoms with Gasteiger partial charge in [-0.05, 0) is 30.2 Å². The molecule has 0 bridgehead atoms. The summed E-state index contributed by atoms with van der Waals surface area (Å²) in [5, 5.41) is 12.1. The number of hydrogen-bond acceptors (Lipinski definition) is 2. The van der Waals surface area contributed by atoms with E-state index in [0.29, 0.717) is 15.6 Å². The molecule has 1 aromatic rings. The largest absolute Gasteiger partial charge is 0.481 e. The summed E-state index contributed by atoms with van der Waals surface area (Å²) in [6.07, 6.45) is -1.28. The number of amides is 1. The van der Waals surface area contributed by atoms with Crippen molar-refractivity contribution in [2.24, 2.45) is 5.92 Å². The van der Waals surface area contributed by atoms with Gasteiger partial charge in [-0.25, -0.2) is 4.39 Å². The monoisotopic (exact) mass is 319 g/mol. The van der Waals surface area contributed by atoms with Gasteiger partial charge in [0.05, 0.1) is 18.4 Å². The Bertz CT molecular complexity index is 532. The predicted octanol–water partition coefficient (Wildman–Crippen LogP) is 2.98. The number of carbonyl (C=O) groups is 2. The quantitative estimate of drug-likeness (QED) is 0.876. The lowest BCUT2D eigenvalue weighted by molar-refractivity contribution is -0.137. The Morgan fingerprint density at radius 1 is 1.35 bits per heavy atom. The third-order valence-electron chi connectivity index (χ3n) is 3.03. The van der Waals surface area contributed by atoms with Crippen LogP contribution in [-0.4, -0.2) is 23.2 Å². The molecule has 1 aromatic carbocycles. The standard InChI is InChI=1S/C13H12Cl2FNO3/c14-7-1-6(2-8(15)3-7)11(5-12(18)19)17-13(20)9-4-10(9)16/h1-3,9-11H,4-5H2,(H,17,20)(H,18,19)/t9-,10-,11?/m1/s1. The first-order valence-electron chi connectivity index (χ1n) is 5.99. The minimum Gasteiger partial charge on any atom is -0.481 e. The fourth-order valence-corrected chi connectivity index (χ4v) is 2.46. The molecule has 1 aliphatic rings. The van der Waals surface area contributed by atoms with Gasteiger partial charge in [0.1, 0.15) is 6.17 Å². The van der Waals surface area contributed by atoms with Crippen LogP contribution >= 0.6 is 23.2 Å². The summed E-state index contributed by atoms with van der Waals surface area (Å²) in [5.41, 5.74) is 0.481. The summed E-state index contributed by atoms with van der Waals surface area (Å²) in [7, 11) is 0. The third kappa shape index (κ3) is 3.84. The molecule has 2 rings (SSSR count). The molecule has 1 amide bonds. The van der Waals surface area contributed by atoms with Gasteiger partial charge in [-0.2, -0.15) is 0 Å². The average Bonchev–Trinajstić information content (AvgIpc) is 3.03. The smallest absolute Gasteiger partial charge is 0.305 e. The Hall–Kier alpha value is -1.33. The molecule has 1 saturated carbocycles. The van der Waals surface area contributed by atoms with Crippen LogP contribution in [0.4, 0.5) is 4.39 Å². The second-order valence-corrected chi connectivity index (χ2v) is 5.59. The summed E-state index contributed by atoms with van der Waals surface area (Å²) in [6, 6.07) is 3.77. The van der Waals surface area contributed by atoms with E-state index in [1.807, 2.05) is 0 Å². The highest BCUT2D eigenvalue weighted by Crippen LogP contribution is 2.35. The summed E-state index contributed by atoms with van der Waals surface area (Å²) >= 11 is 11.7. The molecule has 7 heteroatoms. The molecular formula is C13H12Cl2FNO3. The Labute approximate surface area is 124 Å². The molecule has 0 spiro atoms. The Kier molecular flexibility index (Phi) is 4.50. The fourth-order valence-electron chi connectivity index (χ4n) is 1.92. The second-order valence-electron chi connectivity index (χ2n) is 4.72. The Balaban J connectivity index is 2.17. The number of carboxylic acids is 1. The summed E-state index contributed by atoms with van der Waals surface area (Å²) in [5.74, 6) is -2.25. The molecule has 0 aromatic heterocycles. The van der Waals surface area contributed by atoms with Crippen molar-refractivity contribution in [1.82, 2.24) is 5.32 Å². The molecule has 0 heterocycles. The molecule has 1 fully saturated rings. The molecule has 108 valence electrons. The van der Waals surface area contributed by atoms with Gasteiger partial charge in [-0.3, -0.25) is 9.59 Å². The van der Waals surface area contributed by atoms with E-state index in [0.717, 1.165) is 0 Å². The highest BCUT2D eigenvalue weighted by atomic mass is 35.5. The number of alkyl halides is 1. The first kappa shape index (κ1) is 15.1. The van der Waals surface area contributed by atoms with Gasteiger partial charge < -0.3 is 10.4 Å². The number of aliphatic carboxylic acids is 1. The van der Waals surface area contributed by atoms with Crippen molar-refractivity contribution in [1.29, 1.82) is 0 Å². The van der Waals surface area contributed by atoms with Crippen LogP contribution < -0.4 is 5.32 Å². The van der Waals surface area contributed by atoms with E-state index in [4.69, 9.17) is 28.3 Å². The van der Waals surface area contributed by atoms with E-state index in [9.17, 15) is 14.0 Å². The van der Waals surface area contributed by atoms with Crippen LogP contribution in [0.3, 0.4) is 0 Å². The molecule has 4 nitrogen and oxygen atoms in total. The highest BCUT2D eigenvalue weighted by Gasteiger charge is 2.44. The summed E-state index contributed by atoms with van der Waals surface area (Å²) < 4.78 is 12.9. The lowest BCUT2D eigenvalue weighted by Gasteiger charge is -2.18. The molecule has 20 heavy (non-hydrogen) atoms. The van der Waals surface area contributed by atoms with Crippen molar-refractivity contribution >= 4 is 35.1 Å². The second kappa shape index (κ2) is 5.97. The van der Waals surface area contributed by atoms with Crippen molar-refractivity contribution in [2.45, 2.75) is 25.1 Å². The van der Waals surface area contributed by atoms with Crippen molar-refractivity contribution in [2.75, 3.05) is 0 Å². The minimum atomic E-state index is -1.14. The molecule has 0 radical (unpaired) electrons. The van der Waals surface area contributed by atoms with Crippen LogP contribution in [-0.2, 0) is 9.59 Å². The van der Waals surface area contributed by atoms with Gasteiger partial charge in [0.2, 0.25) is 5.91 Å². The molecule has 0 saturated heterocycles.